The molecule has 37 heavy (non-hydrogen) atoms. The normalized spacial score (nSPS) is 14.8. The van der Waals surface area contributed by atoms with E-state index in [-0.39, 0.29) is 11.1 Å². The Labute approximate surface area is 213 Å². The van der Waals surface area contributed by atoms with Crippen LogP contribution in [0.5, 0.6) is 0 Å². The zero-order valence-corrected chi connectivity index (χ0v) is 20.0. The third-order valence-electron chi connectivity index (χ3n) is 6.40. The average molecular weight is 490 g/mol. The summed E-state index contributed by atoms with van der Waals surface area (Å²) in [7, 11) is 0. The molecule has 0 radical (unpaired) electrons. The van der Waals surface area contributed by atoms with Gasteiger partial charge in [0.15, 0.2) is 5.78 Å². The summed E-state index contributed by atoms with van der Waals surface area (Å²) in [6.45, 7) is 1.90. The smallest absolute Gasteiger partial charge is 0.339 e. The Balaban J connectivity index is 1.57. The van der Waals surface area contributed by atoms with E-state index in [4.69, 9.17) is 4.74 Å². The van der Waals surface area contributed by atoms with Gasteiger partial charge in [-0.05, 0) is 36.2 Å². The highest BCUT2D eigenvalue weighted by atomic mass is 16.5. The van der Waals surface area contributed by atoms with E-state index in [0.717, 1.165) is 11.1 Å². The number of hydrogen-bond donors (Lipinski definition) is 1. The van der Waals surface area contributed by atoms with Gasteiger partial charge >= 0.3 is 5.97 Å². The molecule has 1 heterocycles. The van der Waals surface area contributed by atoms with Crippen LogP contribution >= 0.6 is 0 Å². The number of rotatable bonds is 7. The molecule has 0 spiro atoms. The summed E-state index contributed by atoms with van der Waals surface area (Å²) in [6.07, 6.45) is -1.23. The van der Waals surface area contributed by atoms with Gasteiger partial charge in [-0.3, -0.25) is 14.4 Å². The Morgan fingerprint density at radius 1 is 0.757 bits per heavy atom. The van der Waals surface area contributed by atoms with Crippen LogP contribution in [0.3, 0.4) is 0 Å². The van der Waals surface area contributed by atoms with Crippen LogP contribution in [-0.2, 0) is 14.3 Å². The van der Waals surface area contributed by atoms with Gasteiger partial charge < -0.3 is 10.1 Å². The maximum atomic E-state index is 14.1. The minimum absolute atomic E-state index is 0.260. The van der Waals surface area contributed by atoms with E-state index >= 15 is 0 Å². The van der Waals surface area contributed by atoms with Crippen molar-refractivity contribution in [1.82, 2.24) is 0 Å². The van der Waals surface area contributed by atoms with Gasteiger partial charge in [-0.15, -0.1) is 0 Å². The van der Waals surface area contributed by atoms with Crippen LogP contribution in [0, 0.1) is 12.8 Å². The van der Waals surface area contributed by atoms with E-state index in [0.29, 0.717) is 16.8 Å². The fourth-order valence-corrected chi connectivity index (χ4v) is 4.52. The number of carbonyl (C=O) groups is 4. The van der Waals surface area contributed by atoms with Crippen molar-refractivity contribution in [2.24, 2.45) is 5.92 Å². The van der Waals surface area contributed by atoms with E-state index < -0.39 is 35.5 Å². The molecule has 1 aliphatic rings. The maximum Gasteiger partial charge on any atom is 0.339 e. The lowest BCUT2D eigenvalue weighted by atomic mass is 9.82. The average Bonchev–Trinajstić information content (AvgIpc) is 3.26. The fraction of sp³-hybridized carbons (Fsp3) is 0.0968. The third kappa shape index (κ3) is 4.69. The monoisotopic (exact) mass is 489 g/mol. The Morgan fingerprint density at radius 3 is 2.11 bits per heavy atom. The highest BCUT2D eigenvalue weighted by Gasteiger charge is 2.46. The van der Waals surface area contributed by atoms with Crippen LogP contribution < -0.4 is 5.32 Å². The van der Waals surface area contributed by atoms with E-state index in [1.807, 2.05) is 37.3 Å². The highest BCUT2D eigenvalue weighted by molar-refractivity contribution is 6.45. The predicted molar refractivity (Wildman–Crippen MR) is 139 cm³/mol. The number of ether oxygens (including phenoxy) is 1. The molecular formula is C31H23NO5. The Kier molecular flexibility index (Phi) is 6.47. The first-order chi connectivity index (χ1) is 17.9. The number of benzene rings is 4. The van der Waals surface area contributed by atoms with Gasteiger partial charge in [-0.2, -0.15) is 0 Å². The molecule has 1 N–H and O–H groups in total. The second-order valence-corrected chi connectivity index (χ2v) is 8.85. The summed E-state index contributed by atoms with van der Waals surface area (Å²) in [6, 6.07) is 29.7. The highest BCUT2D eigenvalue weighted by Crippen LogP contribution is 2.39. The molecule has 4 aromatic carbocycles. The van der Waals surface area contributed by atoms with Gasteiger partial charge in [0.25, 0.3) is 5.91 Å². The van der Waals surface area contributed by atoms with E-state index in [2.05, 4.69) is 5.32 Å². The van der Waals surface area contributed by atoms with Gasteiger partial charge in [0.1, 0.15) is 12.0 Å². The number of ketones is 2. The van der Waals surface area contributed by atoms with Crippen LogP contribution in [0.15, 0.2) is 103 Å². The quantitative estimate of drug-likeness (QED) is 0.158. The minimum atomic E-state index is -1.57. The number of carbonyl (C=O) groups excluding carboxylic acids is 4. The van der Waals surface area contributed by atoms with E-state index in [9.17, 15) is 19.2 Å². The number of esters is 1. The lowest BCUT2D eigenvalue weighted by Crippen LogP contribution is -2.38. The van der Waals surface area contributed by atoms with Crippen molar-refractivity contribution < 1.29 is 23.9 Å². The van der Waals surface area contributed by atoms with Crippen LogP contribution in [-0.4, -0.2) is 23.4 Å². The van der Waals surface area contributed by atoms with Gasteiger partial charge in [-0.25, -0.2) is 4.79 Å². The molecule has 0 fully saturated rings. The lowest BCUT2D eigenvalue weighted by molar-refractivity contribution is -0.138. The van der Waals surface area contributed by atoms with Crippen LogP contribution in [0.2, 0.25) is 0 Å². The summed E-state index contributed by atoms with van der Waals surface area (Å²) in [4.78, 5) is 53.5. The summed E-state index contributed by atoms with van der Waals surface area (Å²) in [5.41, 5.74) is 3.74. The van der Waals surface area contributed by atoms with Crippen molar-refractivity contribution in [3.63, 3.8) is 0 Å². The van der Waals surface area contributed by atoms with Gasteiger partial charge in [0.2, 0.25) is 5.78 Å². The zero-order valence-electron chi connectivity index (χ0n) is 20.0. The number of nitrogens with one attached hydrogen (secondary N) is 1. The van der Waals surface area contributed by atoms with Crippen molar-refractivity contribution in [2.45, 2.75) is 13.0 Å². The van der Waals surface area contributed by atoms with Crippen molar-refractivity contribution in [3.8, 4) is 11.1 Å². The number of hydrogen-bond acceptors (Lipinski definition) is 5. The molecule has 1 amide bonds. The predicted octanol–water partition coefficient (Wildman–Crippen LogP) is 5.58. The molecule has 182 valence electrons. The van der Waals surface area contributed by atoms with E-state index in [1.54, 1.807) is 72.8 Å². The first-order valence-corrected chi connectivity index (χ1v) is 11.8. The molecule has 1 aliphatic heterocycles. The largest absolute Gasteiger partial charge is 0.453 e. The summed E-state index contributed by atoms with van der Waals surface area (Å²) in [5, 5.41) is 2.58. The molecule has 2 atom stereocenters. The SMILES string of the molecule is Cc1ccc(NC(=O)C(=O)[C@H](C(=O)c2ccccc2-c2ccccc2)[C@H]2OC(=O)c3ccccc32)cc1. The summed E-state index contributed by atoms with van der Waals surface area (Å²) >= 11 is 0. The van der Waals surface area contributed by atoms with Crippen molar-refractivity contribution in [3.05, 3.63) is 125 Å². The molecule has 6 nitrogen and oxygen atoms in total. The molecular weight excluding hydrogens is 466 g/mol. The standard InChI is InChI=1S/C31H23NO5/c1-19-15-17-21(18-16-19)32-30(35)28(34)26(29-24-13-7-8-14-25(24)31(36)37-29)27(33)23-12-6-5-11-22(23)20-9-3-2-4-10-20/h2-18,26,29H,1H3,(H,32,35)/t26-,29-/m0/s1. The van der Waals surface area contributed by atoms with Gasteiger partial charge in [0, 0.05) is 16.8 Å². The topological polar surface area (TPSA) is 89.5 Å². The number of amides is 1. The van der Waals surface area contributed by atoms with Gasteiger partial charge in [0.05, 0.1) is 5.56 Å². The molecule has 0 unspecified atom stereocenters. The number of fused-ring (bicyclic) bond motifs is 1. The first-order valence-electron chi connectivity index (χ1n) is 11.8. The molecule has 0 saturated carbocycles. The second kappa shape index (κ2) is 10.0. The number of aryl methyl sites for hydroxylation is 1. The number of Topliss-reactive ketones (excluding diaryl/α,β-unsaturated/α-hetero) is 2. The molecule has 0 saturated heterocycles. The van der Waals surface area contributed by atoms with Crippen molar-refractivity contribution in [1.29, 1.82) is 0 Å². The molecule has 0 aliphatic carbocycles. The molecule has 6 heteroatoms. The van der Waals surface area contributed by atoms with Crippen LogP contribution in [0.25, 0.3) is 11.1 Å². The van der Waals surface area contributed by atoms with Crippen molar-refractivity contribution in [2.75, 3.05) is 5.32 Å². The third-order valence-corrected chi connectivity index (χ3v) is 6.40. The molecule has 0 aromatic heterocycles. The second-order valence-electron chi connectivity index (χ2n) is 8.85. The Bertz CT molecular complexity index is 1510. The molecule has 4 aromatic rings. The van der Waals surface area contributed by atoms with Crippen LogP contribution in [0.1, 0.15) is 37.9 Å². The number of cyclic esters (lactones) is 1. The maximum absolute atomic E-state index is 14.1. The van der Waals surface area contributed by atoms with Crippen LogP contribution in [0.4, 0.5) is 5.69 Å². The zero-order chi connectivity index (χ0) is 25.9. The molecule has 5 rings (SSSR count). The lowest BCUT2D eigenvalue weighted by Gasteiger charge is -2.22. The van der Waals surface area contributed by atoms with Gasteiger partial charge in [-0.1, -0.05) is 90.5 Å². The Morgan fingerprint density at radius 2 is 1.38 bits per heavy atom. The fourth-order valence-electron chi connectivity index (χ4n) is 4.52. The van der Waals surface area contributed by atoms with E-state index in [1.165, 1.54) is 0 Å². The first kappa shape index (κ1) is 23.9. The Hall–Kier alpha value is -4.84. The summed E-state index contributed by atoms with van der Waals surface area (Å²) < 4.78 is 5.56. The summed E-state index contributed by atoms with van der Waals surface area (Å²) in [5.74, 6) is -4.75. The molecule has 0 bridgehead atoms. The number of anilines is 1. The minimum Gasteiger partial charge on any atom is -0.453 e. The van der Waals surface area contributed by atoms with Crippen molar-refractivity contribution >= 4 is 29.1 Å².